The molecule has 1 radical (unpaired) electrons. The molecule has 1 aliphatic rings. The van der Waals surface area contributed by atoms with Crippen molar-refractivity contribution >= 4 is 11.9 Å². The van der Waals surface area contributed by atoms with E-state index in [1.165, 1.54) is 0 Å². The Kier molecular flexibility index (Phi) is 4.98. The first-order valence-corrected chi connectivity index (χ1v) is 3.81. The van der Waals surface area contributed by atoms with Crippen LogP contribution in [0.5, 0.6) is 0 Å². The Hall–Kier alpha value is -0.580. The topological polar surface area (TPSA) is 74.6 Å². The molecule has 2 N–H and O–H groups in total. The molecule has 0 aromatic carbocycles. The maximum atomic E-state index is 10.5. The van der Waals surface area contributed by atoms with E-state index in [0.29, 0.717) is 12.8 Å². The van der Waals surface area contributed by atoms with Gasteiger partial charge in [0.05, 0.1) is 0 Å². The van der Waals surface area contributed by atoms with Gasteiger partial charge in [0.25, 0.3) is 0 Å². The monoisotopic (exact) mass is 277 g/mol. The summed E-state index contributed by atoms with van der Waals surface area (Å²) in [5.41, 5.74) is 0.155. The van der Waals surface area contributed by atoms with E-state index in [0.717, 1.165) is 12.8 Å². The zero-order valence-electron chi connectivity index (χ0n) is 6.84. The van der Waals surface area contributed by atoms with E-state index in [-0.39, 0.29) is 33.5 Å². The van der Waals surface area contributed by atoms with Crippen LogP contribution in [-0.4, -0.2) is 22.2 Å². The molecule has 0 unspecified atom stereocenters. The fourth-order valence-corrected chi connectivity index (χ4v) is 1.38. The van der Waals surface area contributed by atoms with Crippen LogP contribution in [0.15, 0.2) is 11.1 Å². The third-order valence-corrected chi connectivity index (χ3v) is 1.98. The molecule has 0 bridgehead atoms. The number of carboxylic acid groups (broad SMARTS) is 2. The second kappa shape index (κ2) is 5.21. The van der Waals surface area contributed by atoms with Crippen LogP contribution in [0.4, 0.5) is 0 Å². The van der Waals surface area contributed by atoms with Crippen molar-refractivity contribution < 1.29 is 42.2 Å². The van der Waals surface area contributed by atoms with E-state index in [4.69, 9.17) is 10.2 Å². The SMILES string of the molecule is O=C(O)C1=C(C(=O)O)CCCC1.[Ag]. The van der Waals surface area contributed by atoms with Crippen molar-refractivity contribution in [3.63, 3.8) is 0 Å². The standard InChI is InChI=1S/C8H10O4.Ag/c9-7(10)5-3-1-2-4-6(5)8(11)12;/h1-4H2,(H,9,10)(H,11,12);. The van der Waals surface area contributed by atoms with Gasteiger partial charge in [-0.2, -0.15) is 0 Å². The minimum atomic E-state index is -1.09. The molecule has 0 atom stereocenters. The van der Waals surface area contributed by atoms with Crippen molar-refractivity contribution in [1.29, 1.82) is 0 Å². The number of carbonyl (C=O) groups is 2. The van der Waals surface area contributed by atoms with E-state index in [9.17, 15) is 9.59 Å². The summed E-state index contributed by atoms with van der Waals surface area (Å²) in [6.07, 6.45) is 2.32. The summed E-state index contributed by atoms with van der Waals surface area (Å²) in [7, 11) is 0. The van der Waals surface area contributed by atoms with Crippen molar-refractivity contribution in [2.75, 3.05) is 0 Å². The smallest absolute Gasteiger partial charge is 0.332 e. The van der Waals surface area contributed by atoms with Crippen LogP contribution in [0.25, 0.3) is 0 Å². The molecular formula is C8H10AgO4. The fraction of sp³-hybridized carbons (Fsp3) is 0.500. The molecule has 0 fully saturated rings. The second-order valence-electron chi connectivity index (χ2n) is 2.77. The Bertz CT molecular complexity index is 231. The zero-order chi connectivity index (χ0) is 9.14. The van der Waals surface area contributed by atoms with Crippen LogP contribution in [0, 0.1) is 0 Å². The number of rotatable bonds is 2. The summed E-state index contributed by atoms with van der Waals surface area (Å²) < 4.78 is 0. The van der Waals surface area contributed by atoms with E-state index >= 15 is 0 Å². The van der Waals surface area contributed by atoms with Crippen LogP contribution in [-0.2, 0) is 32.0 Å². The van der Waals surface area contributed by atoms with Gasteiger partial charge in [-0.3, -0.25) is 0 Å². The number of carboxylic acids is 2. The summed E-state index contributed by atoms with van der Waals surface area (Å²) >= 11 is 0. The molecule has 0 saturated heterocycles. The van der Waals surface area contributed by atoms with Gasteiger partial charge in [0, 0.05) is 33.5 Å². The molecule has 13 heavy (non-hydrogen) atoms. The first-order chi connectivity index (χ1) is 5.63. The molecule has 0 aliphatic heterocycles. The molecule has 77 valence electrons. The van der Waals surface area contributed by atoms with Crippen molar-refractivity contribution in [2.45, 2.75) is 25.7 Å². The Labute approximate surface area is 91.1 Å². The molecule has 0 spiro atoms. The number of aliphatic carboxylic acids is 2. The average Bonchev–Trinajstić information content (AvgIpc) is 2.04. The number of hydrogen-bond donors (Lipinski definition) is 2. The predicted molar refractivity (Wildman–Crippen MR) is 40.8 cm³/mol. The Morgan fingerprint density at radius 1 is 0.923 bits per heavy atom. The van der Waals surface area contributed by atoms with E-state index in [1.807, 2.05) is 0 Å². The molecule has 4 nitrogen and oxygen atoms in total. The van der Waals surface area contributed by atoms with Gasteiger partial charge in [0.15, 0.2) is 0 Å². The van der Waals surface area contributed by atoms with Gasteiger partial charge in [0.2, 0.25) is 0 Å². The summed E-state index contributed by atoms with van der Waals surface area (Å²) in [6, 6.07) is 0. The van der Waals surface area contributed by atoms with E-state index < -0.39 is 11.9 Å². The molecule has 1 rings (SSSR count). The van der Waals surface area contributed by atoms with Gasteiger partial charge in [0.1, 0.15) is 0 Å². The van der Waals surface area contributed by atoms with Crippen molar-refractivity contribution in [3.05, 3.63) is 11.1 Å². The Morgan fingerprint density at radius 3 is 1.46 bits per heavy atom. The summed E-state index contributed by atoms with van der Waals surface area (Å²) in [4.78, 5) is 21.1. The molecule has 0 aromatic heterocycles. The maximum Gasteiger partial charge on any atom is 0.332 e. The summed E-state index contributed by atoms with van der Waals surface area (Å²) in [5, 5.41) is 17.3. The largest absolute Gasteiger partial charge is 0.478 e. The van der Waals surface area contributed by atoms with Gasteiger partial charge in [-0.15, -0.1) is 0 Å². The molecular weight excluding hydrogens is 268 g/mol. The van der Waals surface area contributed by atoms with Crippen LogP contribution in [0.2, 0.25) is 0 Å². The molecule has 1 aliphatic carbocycles. The van der Waals surface area contributed by atoms with Crippen LogP contribution in [0.3, 0.4) is 0 Å². The predicted octanol–water partition coefficient (Wildman–Crippen LogP) is 1.02. The van der Waals surface area contributed by atoms with Crippen molar-refractivity contribution in [2.24, 2.45) is 0 Å². The molecule has 0 heterocycles. The van der Waals surface area contributed by atoms with Gasteiger partial charge in [-0.25, -0.2) is 9.59 Å². The van der Waals surface area contributed by atoms with Gasteiger partial charge >= 0.3 is 11.9 Å². The van der Waals surface area contributed by atoms with Crippen molar-refractivity contribution in [3.8, 4) is 0 Å². The molecule has 0 amide bonds. The molecule has 5 heteroatoms. The second-order valence-corrected chi connectivity index (χ2v) is 2.77. The average molecular weight is 278 g/mol. The Balaban J connectivity index is 0.00000144. The summed E-state index contributed by atoms with van der Waals surface area (Å²) in [6.45, 7) is 0. The van der Waals surface area contributed by atoms with Gasteiger partial charge < -0.3 is 10.2 Å². The first kappa shape index (κ1) is 12.4. The van der Waals surface area contributed by atoms with E-state index in [1.54, 1.807) is 0 Å². The van der Waals surface area contributed by atoms with Crippen LogP contribution >= 0.6 is 0 Å². The van der Waals surface area contributed by atoms with Gasteiger partial charge in [-0.05, 0) is 25.7 Å². The maximum absolute atomic E-state index is 10.5. The number of hydrogen-bond acceptors (Lipinski definition) is 2. The van der Waals surface area contributed by atoms with Crippen molar-refractivity contribution in [1.82, 2.24) is 0 Å². The molecule has 0 aromatic rings. The quantitative estimate of drug-likeness (QED) is 0.740. The third kappa shape index (κ3) is 2.99. The van der Waals surface area contributed by atoms with Crippen LogP contribution < -0.4 is 0 Å². The minimum Gasteiger partial charge on any atom is -0.478 e. The third-order valence-electron chi connectivity index (χ3n) is 1.98. The fourth-order valence-electron chi connectivity index (χ4n) is 1.38. The summed E-state index contributed by atoms with van der Waals surface area (Å²) in [5.74, 6) is -2.18. The molecule has 0 saturated carbocycles. The zero-order valence-corrected chi connectivity index (χ0v) is 8.32. The van der Waals surface area contributed by atoms with Gasteiger partial charge in [-0.1, -0.05) is 0 Å². The van der Waals surface area contributed by atoms with Crippen LogP contribution in [0.1, 0.15) is 25.7 Å². The Morgan fingerprint density at radius 2 is 1.23 bits per heavy atom. The first-order valence-electron chi connectivity index (χ1n) is 3.81. The van der Waals surface area contributed by atoms with E-state index in [2.05, 4.69) is 0 Å². The minimum absolute atomic E-state index is 0. The normalized spacial score (nSPS) is 16.3.